The van der Waals surface area contributed by atoms with Crippen LogP contribution in [0.25, 0.3) is 0 Å². The van der Waals surface area contributed by atoms with Gasteiger partial charge in [-0.05, 0) is 50.5 Å². The number of nitrogens with zero attached hydrogens (tertiary/aromatic N) is 1. The van der Waals surface area contributed by atoms with E-state index in [1.165, 1.54) is 0 Å². The first-order valence-corrected chi connectivity index (χ1v) is 8.74. The third-order valence-corrected chi connectivity index (χ3v) is 6.23. The summed E-state index contributed by atoms with van der Waals surface area (Å²) in [6, 6.07) is 4.86. The van der Waals surface area contributed by atoms with Gasteiger partial charge in [-0.2, -0.15) is 4.31 Å². The summed E-state index contributed by atoms with van der Waals surface area (Å²) in [6.07, 6.45) is 2.73. The third-order valence-electron chi connectivity index (χ3n) is 4.17. The summed E-state index contributed by atoms with van der Waals surface area (Å²) in [5.74, 6) is 0.691. The minimum absolute atomic E-state index is 0.0142. The second kappa shape index (κ2) is 6.34. The first-order valence-electron chi connectivity index (χ1n) is 7.30. The second-order valence-corrected chi connectivity index (χ2v) is 7.48. The highest BCUT2D eigenvalue weighted by Gasteiger charge is 2.37. The highest BCUT2D eigenvalue weighted by atomic mass is 32.2. The molecule has 0 spiro atoms. The molecule has 118 valence electrons. The van der Waals surface area contributed by atoms with Crippen molar-refractivity contribution >= 4 is 10.0 Å². The van der Waals surface area contributed by atoms with Crippen molar-refractivity contribution in [2.24, 2.45) is 5.73 Å². The molecular weight excluding hydrogens is 288 g/mol. The van der Waals surface area contributed by atoms with E-state index >= 15 is 0 Å². The summed E-state index contributed by atoms with van der Waals surface area (Å²) in [7, 11) is -1.95. The Balaban J connectivity index is 2.42. The van der Waals surface area contributed by atoms with Gasteiger partial charge < -0.3 is 10.5 Å². The van der Waals surface area contributed by atoms with Crippen molar-refractivity contribution in [3.63, 3.8) is 0 Å². The lowest BCUT2D eigenvalue weighted by atomic mass is 10.00. The van der Waals surface area contributed by atoms with Crippen LogP contribution in [0.4, 0.5) is 0 Å². The average molecular weight is 312 g/mol. The maximum Gasteiger partial charge on any atom is 0.243 e. The monoisotopic (exact) mass is 312 g/mol. The van der Waals surface area contributed by atoms with Crippen LogP contribution in [0.1, 0.15) is 31.7 Å². The van der Waals surface area contributed by atoms with Gasteiger partial charge in [0, 0.05) is 18.6 Å². The Morgan fingerprint density at radius 1 is 1.38 bits per heavy atom. The van der Waals surface area contributed by atoms with Gasteiger partial charge in [0.15, 0.2) is 0 Å². The molecule has 1 aliphatic rings. The average Bonchev–Trinajstić information content (AvgIpc) is 2.46. The summed E-state index contributed by atoms with van der Waals surface area (Å²) >= 11 is 0. The van der Waals surface area contributed by atoms with Gasteiger partial charge in [0.1, 0.15) is 5.75 Å². The smallest absolute Gasteiger partial charge is 0.243 e. The van der Waals surface area contributed by atoms with Crippen LogP contribution >= 0.6 is 0 Å². The standard InChI is InChI=1S/C15H24N2O3S/c1-11-9-14(7-8-15(11)20-3)21(18,19)17-12(2)5-4-6-13(17)10-16/h7-9,12-13H,4-6,10,16H2,1-3H3. The number of nitrogens with two attached hydrogens (primary N) is 1. The van der Waals surface area contributed by atoms with Gasteiger partial charge in [-0.3, -0.25) is 0 Å². The minimum atomic E-state index is -3.52. The zero-order valence-electron chi connectivity index (χ0n) is 12.9. The van der Waals surface area contributed by atoms with Crippen LogP contribution in [0.2, 0.25) is 0 Å². The molecule has 2 atom stereocenters. The first-order chi connectivity index (χ1) is 9.91. The van der Waals surface area contributed by atoms with Gasteiger partial charge in [-0.25, -0.2) is 8.42 Å². The molecule has 2 rings (SSSR count). The number of ether oxygens (including phenoxy) is 1. The molecule has 1 fully saturated rings. The number of hydrogen-bond donors (Lipinski definition) is 1. The molecule has 0 aromatic heterocycles. The van der Waals surface area contributed by atoms with Gasteiger partial charge in [-0.1, -0.05) is 6.42 Å². The van der Waals surface area contributed by atoms with E-state index in [4.69, 9.17) is 10.5 Å². The van der Waals surface area contributed by atoms with Crippen LogP contribution in [0.3, 0.4) is 0 Å². The predicted molar refractivity (Wildman–Crippen MR) is 82.9 cm³/mol. The van der Waals surface area contributed by atoms with Crippen molar-refractivity contribution in [2.45, 2.75) is 50.1 Å². The number of sulfonamides is 1. The molecule has 2 N–H and O–H groups in total. The maximum absolute atomic E-state index is 12.9. The van der Waals surface area contributed by atoms with Gasteiger partial charge in [0.25, 0.3) is 0 Å². The van der Waals surface area contributed by atoms with Crippen LogP contribution in [0.5, 0.6) is 5.75 Å². The Morgan fingerprint density at radius 3 is 2.67 bits per heavy atom. The van der Waals surface area contributed by atoms with E-state index in [2.05, 4.69) is 0 Å². The van der Waals surface area contributed by atoms with Crippen LogP contribution < -0.4 is 10.5 Å². The predicted octanol–water partition coefficient (Wildman–Crippen LogP) is 1.89. The fourth-order valence-corrected chi connectivity index (χ4v) is 5.02. The van der Waals surface area contributed by atoms with E-state index in [0.29, 0.717) is 17.2 Å². The third kappa shape index (κ3) is 3.07. The fourth-order valence-electron chi connectivity index (χ4n) is 3.05. The molecule has 0 amide bonds. The summed E-state index contributed by atoms with van der Waals surface area (Å²) in [4.78, 5) is 0.313. The van der Waals surface area contributed by atoms with Crippen molar-refractivity contribution in [2.75, 3.05) is 13.7 Å². The van der Waals surface area contributed by atoms with Crippen LogP contribution in [0, 0.1) is 6.92 Å². The van der Waals surface area contributed by atoms with Crippen molar-refractivity contribution < 1.29 is 13.2 Å². The lowest BCUT2D eigenvalue weighted by molar-refractivity contribution is 0.196. The number of hydrogen-bond acceptors (Lipinski definition) is 4. The Labute approximate surface area is 127 Å². The lowest BCUT2D eigenvalue weighted by Gasteiger charge is -2.39. The SMILES string of the molecule is COc1ccc(S(=O)(=O)N2C(C)CCCC2CN)cc1C. The Morgan fingerprint density at radius 2 is 2.10 bits per heavy atom. The van der Waals surface area contributed by atoms with E-state index < -0.39 is 10.0 Å². The fraction of sp³-hybridized carbons (Fsp3) is 0.600. The van der Waals surface area contributed by atoms with Gasteiger partial charge in [0.05, 0.1) is 12.0 Å². The van der Waals surface area contributed by atoms with E-state index in [1.54, 1.807) is 29.6 Å². The van der Waals surface area contributed by atoms with E-state index in [-0.39, 0.29) is 12.1 Å². The molecule has 1 saturated heterocycles. The van der Waals surface area contributed by atoms with Crippen molar-refractivity contribution in [3.8, 4) is 5.75 Å². The quantitative estimate of drug-likeness (QED) is 0.921. The summed E-state index contributed by atoms with van der Waals surface area (Å²) < 4.78 is 32.7. The van der Waals surface area contributed by atoms with Crippen molar-refractivity contribution in [3.05, 3.63) is 23.8 Å². The van der Waals surface area contributed by atoms with Crippen molar-refractivity contribution in [1.82, 2.24) is 4.31 Å². The van der Waals surface area contributed by atoms with E-state index in [9.17, 15) is 8.42 Å². The molecular formula is C15H24N2O3S. The van der Waals surface area contributed by atoms with Crippen LogP contribution in [0.15, 0.2) is 23.1 Å². The van der Waals surface area contributed by atoms with Gasteiger partial charge in [0.2, 0.25) is 10.0 Å². The lowest BCUT2D eigenvalue weighted by Crippen LogP contribution is -2.51. The molecule has 5 nitrogen and oxygen atoms in total. The van der Waals surface area contributed by atoms with E-state index in [0.717, 1.165) is 24.8 Å². The summed E-state index contributed by atoms with van der Waals surface area (Å²) in [6.45, 7) is 4.16. The second-order valence-electron chi connectivity index (χ2n) is 5.64. The zero-order valence-corrected chi connectivity index (χ0v) is 13.7. The molecule has 6 heteroatoms. The summed E-state index contributed by atoms with van der Waals surface area (Å²) in [5, 5.41) is 0. The minimum Gasteiger partial charge on any atom is -0.496 e. The van der Waals surface area contributed by atoms with Gasteiger partial charge >= 0.3 is 0 Å². The number of rotatable bonds is 4. The molecule has 0 radical (unpaired) electrons. The number of methoxy groups -OCH3 is 1. The number of aryl methyl sites for hydroxylation is 1. The first kappa shape index (κ1) is 16.3. The Hall–Kier alpha value is -1.11. The highest BCUT2D eigenvalue weighted by Crippen LogP contribution is 2.31. The van der Waals surface area contributed by atoms with Crippen molar-refractivity contribution in [1.29, 1.82) is 0 Å². The summed E-state index contributed by atoms with van der Waals surface area (Å²) in [5.41, 5.74) is 6.59. The largest absolute Gasteiger partial charge is 0.496 e. The molecule has 21 heavy (non-hydrogen) atoms. The van der Waals surface area contributed by atoms with Gasteiger partial charge in [-0.15, -0.1) is 0 Å². The zero-order chi connectivity index (χ0) is 15.6. The Kier molecular flexibility index (Phi) is 4.91. The highest BCUT2D eigenvalue weighted by molar-refractivity contribution is 7.89. The number of benzene rings is 1. The molecule has 1 aliphatic heterocycles. The van der Waals surface area contributed by atoms with E-state index in [1.807, 2.05) is 13.8 Å². The molecule has 1 aromatic rings. The molecule has 0 saturated carbocycles. The Bertz CT molecular complexity index is 601. The van der Waals surface area contributed by atoms with Crippen LogP contribution in [-0.4, -0.2) is 38.5 Å². The molecule has 1 aromatic carbocycles. The topological polar surface area (TPSA) is 72.6 Å². The molecule has 2 unspecified atom stereocenters. The normalized spacial score (nSPS) is 24.0. The number of piperidine rings is 1. The molecule has 0 bridgehead atoms. The molecule has 0 aliphatic carbocycles. The molecule has 1 heterocycles. The van der Waals surface area contributed by atoms with Crippen LogP contribution in [-0.2, 0) is 10.0 Å². The maximum atomic E-state index is 12.9.